The summed E-state index contributed by atoms with van der Waals surface area (Å²) < 4.78 is 5.23. The molecule has 0 saturated heterocycles. The number of esters is 1. The Morgan fingerprint density at radius 2 is 1.68 bits per heavy atom. The molecule has 25 heavy (non-hydrogen) atoms. The first kappa shape index (κ1) is 16.8. The van der Waals surface area contributed by atoms with Crippen molar-refractivity contribution in [1.29, 1.82) is 0 Å². The monoisotopic (exact) mass is 332 g/mol. The highest BCUT2D eigenvalue weighted by molar-refractivity contribution is 5.97. The Morgan fingerprint density at radius 3 is 2.36 bits per heavy atom. The highest BCUT2D eigenvalue weighted by atomic mass is 16.5. The van der Waals surface area contributed by atoms with E-state index in [-0.39, 0.29) is 0 Å². The lowest BCUT2D eigenvalue weighted by Gasteiger charge is -2.13. The number of hydrogen-bond acceptors (Lipinski definition) is 4. The molecule has 126 valence electrons. The summed E-state index contributed by atoms with van der Waals surface area (Å²) in [5.41, 5.74) is 4.54. The Morgan fingerprint density at radius 1 is 0.960 bits per heavy atom. The SMILES string of the molecule is CCOC(=O)c1c(C)nc(-c2ccccc2)nc1-c1cccc(C)c1. The van der Waals surface area contributed by atoms with Crippen molar-refractivity contribution in [3.05, 3.63) is 71.4 Å². The molecule has 3 rings (SSSR count). The fourth-order valence-electron chi connectivity index (χ4n) is 2.74. The van der Waals surface area contributed by atoms with Gasteiger partial charge in [-0.3, -0.25) is 0 Å². The van der Waals surface area contributed by atoms with E-state index >= 15 is 0 Å². The average Bonchev–Trinajstić information content (AvgIpc) is 2.62. The highest BCUT2D eigenvalue weighted by Gasteiger charge is 2.21. The molecule has 0 amide bonds. The van der Waals surface area contributed by atoms with Gasteiger partial charge in [0.05, 0.1) is 18.0 Å². The first-order valence-electron chi connectivity index (χ1n) is 8.28. The van der Waals surface area contributed by atoms with Crippen molar-refractivity contribution in [1.82, 2.24) is 9.97 Å². The smallest absolute Gasteiger partial charge is 0.342 e. The number of rotatable bonds is 4. The largest absolute Gasteiger partial charge is 0.462 e. The lowest BCUT2D eigenvalue weighted by molar-refractivity contribution is 0.0525. The summed E-state index contributed by atoms with van der Waals surface area (Å²) in [6, 6.07) is 17.7. The minimum atomic E-state index is -0.392. The van der Waals surface area contributed by atoms with E-state index in [1.807, 2.05) is 68.4 Å². The molecule has 1 heterocycles. The highest BCUT2D eigenvalue weighted by Crippen LogP contribution is 2.28. The topological polar surface area (TPSA) is 52.1 Å². The number of benzene rings is 2. The van der Waals surface area contributed by atoms with Crippen LogP contribution in [0.5, 0.6) is 0 Å². The summed E-state index contributed by atoms with van der Waals surface area (Å²) in [6.07, 6.45) is 0. The zero-order chi connectivity index (χ0) is 17.8. The summed E-state index contributed by atoms with van der Waals surface area (Å²) >= 11 is 0. The van der Waals surface area contributed by atoms with Gasteiger partial charge in [0.2, 0.25) is 0 Å². The van der Waals surface area contributed by atoms with E-state index < -0.39 is 5.97 Å². The number of carbonyl (C=O) groups excluding carboxylic acids is 1. The van der Waals surface area contributed by atoms with Crippen molar-refractivity contribution in [2.75, 3.05) is 6.61 Å². The van der Waals surface area contributed by atoms with E-state index in [4.69, 9.17) is 9.72 Å². The molecule has 0 bridgehead atoms. The molecule has 0 radical (unpaired) electrons. The third-order valence-electron chi connectivity index (χ3n) is 3.89. The van der Waals surface area contributed by atoms with Gasteiger partial charge in [0.1, 0.15) is 5.56 Å². The number of ether oxygens (including phenoxy) is 1. The fourth-order valence-corrected chi connectivity index (χ4v) is 2.74. The molecular formula is C21H20N2O2. The van der Waals surface area contributed by atoms with Crippen molar-refractivity contribution < 1.29 is 9.53 Å². The van der Waals surface area contributed by atoms with Crippen molar-refractivity contribution >= 4 is 5.97 Å². The molecule has 2 aromatic carbocycles. The molecule has 0 saturated carbocycles. The Labute approximate surface area is 147 Å². The van der Waals surface area contributed by atoms with E-state index in [0.29, 0.717) is 29.4 Å². The van der Waals surface area contributed by atoms with E-state index in [9.17, 15) is 4.79 Å². The minimum Gasteiger partial charge on any atom is -0.462 e. The van der Waals surface area contributed by atoms with Gasteiger partial charge in [0.25, 0.3) is 0 Å². The van der Waals surface area contributed by atoms with Crippen molar-refractivity contribution in [2.45, 2.75) is 20.8 Å². The van der Waals surface area contributed by atoms with Gasteiger partial charge in [-0.25, -0.2) is 14.8 Å². The van der Waals surface area contributed by atoms with Crippen LogP contribution in [0.4, 0.5) is 0 Å². The Kier molecular flexibility index (Phi) is 4.89. The molecule has 0 unspecified atom stereocenters. The quantitative estimate of drug-likeness (QED) is 0.655. The van der Waals surface area contributed by atoms with E-state index in [1.165, 1.54) is 0 Å². The number of aromatic nitrogens is 2. The zero-order valence-electron chi connectivity index (χ0n) is 14.6. The van der Waals surface area contributed by atoms with Crippen LogP contribution < -0.4 is 0 Å². The lowest BCUT2D eigenvalue weighted by atomic mass is 10.0. The van der Waals surface area contributed by atoms with Crippen LogP contribution in [-0.4, -0.2) is 22.5 Å². The number of carbonyl (C=O) groups is 1. The van der Waals surface area contributed by atoms with Crippen molar-refractivity contribution in [3.63, 3.8) is 0 Å². The lowest BCUT2D eigenvalue weighted by Crippen LogP contribution is -2.12. The maximum atomic E-state index is 12.5. The minimum absolute atomic E-state index is 0.311. The Bertz CT molecular complexity index is 905. The molecule has 0 aliphatic carbocycles. The number of hydrogen-bond donors (Lipinski definition) is 0. The van der Waals surface area contributed by atoms with Crippen LogP contribution in [0.25, 0.3) is 22.6 Å². The molecule has 0 spiro atoms. The van der Waals surface area contributed by atoms with Gasteiger partial charge in [0, 0.05) is 11.1 Å². The maximum Gasteiger partial charge on any atom is 0.342 e. The Hall–Kier alpha value is -3.01. The summed E-state index contributed by atoms with van der Waals surface area (Å²) in [4.78, 5) is 21.7. The molecule has 4 heteroatoms. The standard InChI is InChI=1S/C21H20N2O2/c1-4-25-21(24)18-15(3)22-20(16-10-6-5-7-11-16)23-19(18)17-12-8-9-14(2)13-17/h5-13H,4H2,1-3H3. The maximum absolute atomic E-state index is 12.5. The number of aryl methyl sites for hydroxylation is 2. The molecule has 0 atom stereocenters. The van der Waals surface area contributed by atoms with Crippen LogP contribution in [0, 0.1) is 13.8 Å². The van der Waals surface area contributed by atoms with Crippen LogP contribution in [0.1, 0.15) is 28.5 Å². The second-order valence-electron chi connectivity index (χ2n) is 5.81. The molecular weight excluding hydrogens is 312 g/mol. The average molecular weight is 332 g/mol. The van der Waals surface area contributed by atoms with Crippen LogP contribution in [0.15, 0.2) is 54.6 Å². The first-order chi connectivity index (χ1) is 12.1. The van der Waals surface area contributed by atoms with E-state index in [0.717, 1.165) is 16.7 Å². The normalized spacial score (nSPS) is 10.5. The molecule has 0 aliphatic rings. The zero-order valence-corrected chi connectivity index (χ0v) is 14.6. The molecule has 0 aliphatic heterocycles. The molecule has 0 fully saturated rings. The van der Waals surface area contributed by atoms with Gasteiger partial charge in [-0.15, -0.1) is 0 Å². The van der Waals surface area contributed by atoms with Crippen LogP contribution in [0.3, 0.4) is 0 Å². The van der Waals surface area contributed by atoms with E-state index in [1.54, 1.807) is 6.92 Å². The van der Waals surface area contributed by atoms with Gasteiger partial charge in [-0.2, -0.15) is 0 Å². The summed E-state index contributed by atoms with van der Waals surface area (Å²) in [6.45, 7) is 5.93. The van der Waals surface area contributed by atoms with Crippen molar-refractivity contribution in [3.8, 4) is 22.6 Å². The van der Waals surface area contributed by atoms with Crippen LogP contribution >= 0.6 is 0 Å². The fraction of sp³-hybridized carbons (Fsp3) is 0.190. The molecule has 3 aromatic rings. The van der Waals surface area contributed by atoms with Gasteiger partial charge in [-0.1, -0.05) is 54.1 Å². The Balaban J connectivity index is 2.24. The summed E-state index contributed by atoms with van der Waals surface area (Å²) in [5.74, 6) is 0.207. The van der Waals surface area contributed by atoms with Crippen molar-refractivity contribution in [2.24, 2.45) is 0 Å². The van der Waals surface area contributed by atoms with Gasteiger partial charge >= 0.3 is 5.97 Å². The molecule has 1 aromatic heterocycles. The second kappa shape index (κ2) is 7.26. The van der Waals surface area contributed by atoms with E-state index in [2.05, 4.69) is 4.98 Å². The van der Waals surface area contributed by atoms with Crippen LogP contribution in [-0.2, 0) is 4.74 Å². The second-order valence-corrected chi connectivity index (χ2v) is 5.81. The van der Waals surface area contributed by atoms with Crippen LogP contribution in [0.2, 0.25) is 0 Å². The molecule has 4 nitrogen and oxygen atoms in total. The van der Waals surface area contributed by atoms with Gasteiger partial charge < -0.3 is 4.74 Å². The third-order valence-corrected chi connectivity index (χ3v) is 3.89. The van der Waals surface area contributed by atoms with Gasteiger partial charge in [-0.05, 0) is 26.8 Å². The predicted octanol–water partition coefficient (Wildman–Crippen LogP) is 4.60. The molecule has 0 N–H and O–H groups in total. The third kappa shape index (κ3) is 3.58. The number of nitrogens with zero attached hydrogens (tertiary/aromatic N) is 2. The summed E-state index contributed by atoms with van der Waals surface area (Å²) in [5, 5.41) is 0. The summed E-state index contributed by atoms with van der Waals surface area (Å²) in [7, 11) is 0. The van der Waals surface area contributed by atoms with Gasteiger partial charge in [0.15, 0.2) is 5.82 Å². The first-order valence-corrected chi connectivity index (χ1v) is 8.28. The predicted molar refractivity (Wildman–Crippen MR) is 98.3 cm³/mol.